The van der Waals surface area contributed by atoms with Crippen molar-refractivity contribution in [3.05, 3.63) is 72.8 Å². The molecule has 8 rings (SSSR count). The second-order valence-corrected chi connectivity index (χ2v) is 13.6. The second kappa shape index (κ2) is 15.1. The van der Waals surface area contributed by atoms with Gasteiger partial charge in [-0.3, -0.25) is 5.32 Å². The molecule has 1 amide bonds. The maximum Gasteiger partial charge on any atom is 0.413 e. The van der Waals surface area contributed by atoms with Gasteiger partial charge in [0.1, 0.15) is 70.3 Å². The smallest absolute Gasteiger partial charge is 0.413 e. The normalized spacial score (nSPS) is 19.1. The predicted octanol–water partition coefficient (Wildman–Crippen LogP) is 8.43. The van der Waals surface area contributed by atoms with E-state index in [4.69, 9.17) is 19.9 Å². The average Bonchev–Trinajstić information content (AvgIpc) is 3.60. The van der Waals surface area contributed by atoms with Crippen LogP contribution in [-0.4, -0.2) is 63.5 Å². The number of alkyl halides is 2. The van der Waals surface area contributed by atoms with E-state index in [0.29, 0.717) is 47.8 Å². The maximum atomic E-state index is 13.6. The topological polar surface area (TPSA) is 170 Å². The minimum absolute atomic E-state index is 0. The van der Waals surface area contributed by atoms with Crippen LogP contribution in [0.3, 0.4) is 0 Å². The number of nitrogen functional groups attached to an aromatic ring is 1. The van der Waals surface area contributed by atoms with Crippen LogP contribution in [0.4, 0.5) is 34.0 Å². The standard InChI is InChI=1S/C20H21F2N5O3.C15H13F2N5O.CH4/c1-20(2,3)30-19(28)25-16-15-17(24-10-23-16)27(13-7-12(22)8-13)26-18(15)29-14-6-4-5-11(21)9-14;16-8-2-1-3-11(6-8)23-15-12-13(18)19-7-20-14(12)22(21-15)10-4-9(17)5-10;/h4-6,9-10,12-13H,7-8H2,1-3H3,(H,23,24,25,28);1-3,6-7,9-10H,4-5H2,(H2,18,19,20);1H4. The first-order valence-electron chi connectivity index (χ1n) is 16.7. The molecule has 2 aliphatic carbocycles. The molecule has 54 heavy (non-hydrogen) atoms. The van der Waals surface area contributed by atoms with Crippen LogP contribution in [0, 0.1) is 11.6 Å². The summed E-state index contributed by atoms with van der Waals surface area (Å²) in [6, 6.07) is 11.0. The molecule has 0 atom stereocenters. The van der Waals surface area contributed by atoms with Gasteiger partial charge in [-0.05, 0) is 45.0 Å². The zero-order chi connectivity index (χ0) is 37.4. The summed E-state index contributed by atoms with van der Waals surface area (Å²) in [4.78, 5) is 28.8. The van der Waals surface area contributed by atoms with E-state index >= 15 is 0 Å². The number of amides is 1. The van der Waals surface area contributed by atoms with Crippen molar-refractivity contribution >= 4 is 39.8 Å². The summed E-state index contributed by atoms with van der Waals surface area (Å²) in [5.41, 5.74) is 6.06. The van der Waals surface area contributed by atoms with Gasteiger partial charge in [0, 0.05) is 37.8 Å². The Morgan fingerprint density at radius 1 is 0.778 bits per heavy atom. The lowest BCUT2D eigenvalue weighted by molar-refractivity contribution is 0.0635. The number of carbonyl (C=O) groups excluding carboxylic acids is 1. The highest BCUT2D eigenvalue weighted by Crippen LogP contribution is 2.41. The largest absolute Gasteiger partial charge is 0.444 e. The number of halogens is 4. The van der Waals surface area contributed by atoms with Gasteiger partial charge < -0.3 is 19.9 Å². The average molecular weight is 751 g/mol. The van der Waals surface area contributed by atoms with Crippen molar-refractivity contribution in [2.45, 2.75) is 83.9 Å². The third-order valence-electron chi connectivity index (χ3n) is 8.39. The lowest BCUT2D eigenvalue weighted by Crippen LogP contribution is -2.29. The van der Waals surface area contributed by atoms with Crippen molar-refractivity contribution in [3.8, 4) is 23.3 Å². The van der Waals surface area contributed by atoms with Crippen molar-refractivity contribution in [1.82, 2.24) is 39.5 Å². The Hall–Kier alpha value is -6.07. The Labute approximate surface area is 306 Å². The summed E-state index contributed by atoms with van der Waals surface area (Å²) in [5.74, 6) is 0.207. The molecule has 0 radical (unpaired) electrons. The van der Waals surface area contributed by atoms with Gasteiger partial charge >= 0.3 is 6.09 Å². The highest BCUT2D eigenvalue weighted by Gasteiger charge is 2.35. The summed E-state index contributed by atoms with van der Waals surface area (Å²) in [6.45, 7) is 5.22. The number of ether oxygens (including phenoxy) is 3. The molecule has 0 spiro atoms. The van der Waals surface area contributed by atoms with Crippen molar-refractivity contribution in [2.24, 2.45) is 0 Å². The number of carbonyl (C=O) groups is 1. The third-order valence-corrected chi connectivity index (χ3v) is 8.39. The van der Waals surface area contributed by atoms with E-state index in [1.165, 1.54) is 49.1 Å². The van der Waals surface area contributed by atoms with Crippen molar-refractivity contribution < 1.29 is 36.6 Å². The predicted molar refractivity (Wildman–Crippen MR) is 191 cm³/mol. The molecular formula is C36H38F4N10O4. The van der Waals surface area contributed by atoms with Crippen LogP contribution in [0.2, 0.25) is 0 Å². The number of benzene rings is 2. The fraction of sp³-hybridized carbons (Fsp3) is 0.361. The van der Waals surface area contributed by atoms with Gasteiger partial charge in [0.25, 0.3) is 11.8 Å². The Morgan fingerprint density at radius 3 is 1.74 bits per heavy atom. The molecule has 0 aliphatic heterocycles. The number of nitrogens with zero attached hydrogens (tertiary/aromatic N) is 8. The van der Waals surface area contributed by atoms with Crippen molar-refractivity contribution in [2.75, 3.05) is 11.1 Å². The van der Waals surface area contributed by atoms with Crippen LogP contribution in [0.1, 0.15) is 66.0 Å². The zero-order valence-corrected chi connectivity index (χ0v) is 28.7. The number of nitrogens with one attached hydrogen (secondary N) is 1. The number of hydrogen-bond acceptors (Lipinski definition) is 11. The lowest BCUT2D eigenvalue weighted by Gasteiger charge is -2.29. The first-order chi connectivity index (χ1) is 25.3. The van der Waals surface area contributed by atoms with Gasteiger partial charge in [-0.2, -0.15) is 0 Å². The minimum atomic E-state index is -0.900. The first kappa shape index (κ1) is 37.7. The second-order valence-electron chi connectivity index (χ2n) is 13.6. The maximum absolute atomic E-state index is 13.6. The number of anilines is 2. The van der Waals surface area contributed by atoms with Crippen LogP contribution < -0.4 is 20.5 Å². The fourth-order valence-corrected chi connectivity index (χ4v) is 5.78. The number of nitrogens with two attached hydrogens (primary N) is 1. The zero-order valence-electron chi connectivity index (χ0n) is 28.7. The molecule has 14 nitrogen and oxygen atoms in total. The molecule has 0 saturated heterocycles. The molecule has 18 heteroatoms. The van der Waals surface area contributed by atoms with E-state index in [1.807, 2.05) is 0 Å². The molecule has 284 valence electrons. The Morgan fingerprint density at radius 2 is 1.26 bits per heavy atom. The number of fused-ring (bicyclic) bond motifs is 2. The third kappa shape index (κ3) is 8.11. The molecule has 0 unspecified atom stereocenters. The molecule has 4 heterocycles. The molecule has 4 aromatic heterocycles. The molecule has 6 aromatic rings. The van der Waals surface area contributed by atoms with E-state index < -0.39 is 35.7 Å². The monoisotopic (exact) mass is 750 g/mol. The van der Waals surface area contributed by atoms with Crippen molar-refractivity contribution in [1.29, 1.82) is 0 Å². The molecule has 2 aliphatic rings. The summed E-state index contributed by atoms with van der Waals surface area (Å²) in [7, 11) is 0. The molecule has 3 N–H and O–H groups in total. The summed E-state index contributed by atoms with van der Waals surface area (Å²) in [6.07, 6.45) is 1.51. The molecule has 2 fully saturated rings. The Kier molecular flexibility index (Phi) is 10.5. The quantitative estimate of drug-likeness (QED) is 0.150. The van der Waals surface area contributed by atoms with E-state index in [9.17, 15) is 22.4 Å². The SMILES string of the molecule is C.CC(C)(C)OC(=O)Nc1ncnc2c1c(Oc1cccc(F)c1)nn2C1CC(F)C1.Nc1ncnc2c1c(Oc1cccc(F)c1)nn2C1CC(F)C1. The molecule has 0 bridgehead atoms. The highest BCUT2D eigenvalue weighted by atomic mass is 19.1. The van der Waals surface area contributed by atoms with Crippen LogP contribution in [-0.2, 0) is 4.74 Å². The van der Waals surface area contributed by atoms with E-state index in [-0.39, 0.29) is 54.4 Å². The summed E-state index contributed by atoms with van der Waals surface area (Å²) >= 11 is 0. The van der Waals surface area contributed by atoms with Gasteiger partial charge in [0.2, 0.25) is 0 Å². The number of aromatic nitrogens is 8. The first-order valence-corrected chi connectivity index (χ1v) is 16.7. The van der Waals surface area contributed by atoms with Gasteiger partial charge in [-0.25, -0.2) is 51.7 Å². The number of rotatable bonds is 7. The van der Waals surface area contributed by atoms with Gasteiger partial charge in [-0.15, -0.1) is 10.2 Å². The van der Waals surface area contributed by atoms with Crippen LogP contribution in [0.15, 0.2) is 61.2 Å². The molecular weight excluding hydrogens is 712 g/mol. The lowest BCUT2D eigenvalue weighted by atomic mass is 9.91. The summed E-state index contributed by atoms with van der Waals surface area (Å²) < 4.78 is 73.4. The van der Waals surface area contributed by atoms with E-state index in [2.05, 4.69) is 35.5 Å². The summed E-state index contributed by atoms with van der Waals surface area (Å²) in [5, 5.41) is 12.1. The number of hydrogen-bond donors (Lipinski definition) is 2. The van der Waals surface area contributed by atoms with Crippen LogP contribution in [0.5, 0.6) is 23.3 Å². The van der Waals surface area contributed by atoms with Crippen LogP contribution in [0.25, 0.3) is 22.1 Å². The minimum Gasteiger partial charge on any atom is -0.444 e. The van der Waals surface area contributed by atoms with Crippen molar-refractivity contribution in [3.63, 3.8) is 0 Å². The molecule has 2 saturated carbocycles. The molecule has 2 aromatic carbocycles. The fourth-order valence-electron chi connectivity index (χ4n) is 5.78. The van der Waals surface area contributed by atoms with E-state index in [0.717, 1.165) is 0 Å². The van der Waals surface area contributed by atoms with Crippen LogP contribution >= 0.6 is 0 Å². The highest BCUT2D eigenvalue weighted by molar-refractivity contribution is 5.98. The Balaban J connectivity index is 0.000000187. The Bertz CT molecular complexity index is 2280. The van der Waals surface area contributed by atoms with Gasteiger partial charge in [0.15, 0.2) is 17.1 Å². The van der Waals surface area contributed by atoms with E-state index in [1.54, 1.807) is 42.3 Å². The van der Waals surface area contributed by atoms with Gasteiger partial charge in [-0.1, -0.05) is 19.6 Å². The van der Waals surface area contributed by atoms with Gasteiger partial charge in [0.05, 0.1) is 12.1 Å².